The van der Waals surface area contributed by atoms with Crippen molar-refractivity contribution in [2.75, 3.05) is 4.90 Å². The monoisotopic (exact) mass is 543 g/mol. The van der Waals surface area contributed by atoms with Crippen LogP contribution in [0.4, 0.5) is 5.69 Å². The van der Waals surface area contributed by atoms with Crippen LogP contribution < -0.4 is 4.90 Å². The average molecular weight is 544 g/mol. The van der Waals surface area contributed by atoms with Gasteiger partial charge in [0.1, 0.15) is 0 Å². The molecule has 4 aromatic carbocycles. The summed E-state index contributed by atoms with van der Waals surface area (Å²) in [5.74, 6) is -2.36. The fourth-order valence-corrected chi connectivity index (χ4v) is 4.46. The molecule has 0 aliphatic carbocycles. The number of hydrogen-bond acceptors (Lipinski definition) is 5. The highest BCUT2D eigenvalue weighted by molar-refractivity contribution is 6.36. The number of esters is 1. The number of halogens is 2. The summed E-state index contributed by atoms with van der Waals surface area (Å²) < 4.78 is 5.68. The Morgan fingerprint density at radius 3 is 2.13 bits per heavy atom. The van der Waals surface area contributed by atoms with Crippen molar-refractivity contribution in [2.24, 2.45) is 0 Å². The number of benzene rings is 4. The van der Waals surface area contributed by atoms with E-state index in [1.165, 1.54) is 18.2 Å². The minimum atomic E-state index is -1.25. The Kier molecular flexibility index (Phi) is 6.85. The second kappa shape index (κ2) is 10.2. The Bertz CT molecular complexity index is 1600. The third kappa shape index (κ3) is 4.72. The van der Waals surface area contributed by atoms with Crippen LogP contribution in [0, 0.1) is 6.92 Å². The van der Waals surface area contributed by atoms with E-state index in [0.29, 0.717) is 26.9 Å². The molecule has 1 heterocycles. The van der Waals surface area contributed by atoms with Gasteiger partial charge in [0.25, 0.3) is 11.8 Å². The number of anilines is 1. The number of rotatable bonds is 6. The van der Waals surface area contributed by atoms with Gasteiger partial charge in [-0.25, -0.2) is 9.69 Å². The van der Waals surface area contributed by atoms with Crippen molar-refractivity contribution in [3.8, 4) is 0 Å². The summed E-state index contributed by atoms with van der Waals surface area (Å²) in [6.45, 7) is 1.81. The van der Waals surface area contributed by atoms with E-state index in [-0.39, 0.29) is 16.7 Å². The van der Waals surface area contributed by atoms with Gasteiger partial charge in [0.2, 0.25) is 5.78 Å². The average Bonchev–Trinajstić information content (AvgIpc) is 3.18. The molecule has 0 bridgehead atoms. The lowest BCUT2D eigenvalue weighted by Gasteiger charge is -2.18. The lowest BCUT2D eigenvalue weighted by Crippen LogP contribution is -2.29. The van der Waals surface area contributed by atoms with Crippen LogP contribution in [-0.4, -0.2) is 23.6 Å². The molecule has 0 radical (unpaired) electrons. The zero-order valence-electron chi connectivity index (χ0n) is 20.0. The van der Waals surface area contributed by atoms with Gasteiger partial charge in [0, 0.05) is 21.2 Å². The number of amides is 2. The highest BCUT2D eigenvalue weighted by Crippen LogP contribution is 2.32. The van der Waals surface area contributed by atoms with Gasteiger partial charge >= 0.3 is 5.97 Å². The SMILES string of the molecule is Cc1ccc(N2C(=O)c3ccc(C(=O)O[C@@H](C(=O)c4ccccc4)c4ccc(Cl)cc4)cc3C2=O)cc1Cl. The molecule has 2 amide bonds. The van der Waals surface area contributed by atoms with Crippen molar-refractivity contribution >= 4 is 52.5 Å². The zero-order chi connectivity index (χ0) is 27.0. The maximum Gasteiger partial charge on any atom is 0.339 e. The molecule has 1 aliphatic rings. The van der Waals surface area contributed by atoms with Crippen molar-refractivity contribution in [3.63, 3.8) is 0 Å². The molecule has 6 nitrogen and oxygen atoms in total. The lowest BCUT2D eigenvalue weighted by atomic mass is 9.99. The van der Waals surface area contributed by atoms with Crippen LogP contribution in [-0.2, 0) is 4.74 Å². The van der Waals surface area contributed by atoms with E-state index >= 15 is 0 Å². The van der Waals surface area contributed by atoms with Crippen LogP contribution in [0.2, 0.25) is 10.0 Å². The van der Waals surface area contributed by atoms with E-state index in [1.54, 1.807) is 72.8 Å². The van der Waals surface area contributed by atoms with Crippen LogP contribution in [0.3, 0.4) is 0 Å². The molecule has 188 valence electrons. The Labute approximate surface area is 228 Å². The molecule has 1 atom stereocenters. The molecule has 0 spiro atoms. The molecule has 1 aliphatic heterocycles. The summed E-state index contributed by atoms with van der Waals surface area (Å²) in [7, 11) is 0. The third-order valence-electron chi connectivity index (χ3n) is 6.23. The summed E-state index contributed by atoms with van der Waals surface area (Å²) in [6.07, 6.45) is -1.25. The topological polar surface area (TPSA) is 80.8 Å². The maximum absolute atomic E-state index is 13.3. The Morgan fingerprint density at radius 1 is 0.763 bits per heavy atom. The van der Waals surface area contributed by atoms with Gasteiger partial charge in [0.05, 0.1) is 22.4 Å². The number of hydrogen-bond donors (Lipinski definition) is 0. The van der Waals surface area contributed by atoms with Crippen LogP contribution >= 0.6 is 23.2 Å². The van der Waals surface area contributed by atoms with Crippen molar-refractivity contribution in [1.29, 1.82) is 0 Å². The van der Waals surface area contributed by atoms with E-state index in [4.69, 9.17) is 27.9 Å². The quantitative estimate of drug-likeness (QED) is 0.150. The normalized spacial score (nSPS) is 13.3. The number of Topliss-reactive ketones (excluding diaryl/α,β-unsaturated/α-hetero) is 1. The minimum Gasteiger partial charge on any atom is -0.445 e. The van der Waals surface area contributed by atoms with Gasteiger partial charge in [-0.3, -0.25) is 14.4 Å². The van der Waals surface area contributed by atoms with Crippen molar-refractivity contribution in [1.82, 2.24) is 0 Å². The maximum atomic E-state index is 13.3. The summed E-state index contributed by atoms with van der Waals surface area (Å²) in [6, 6.07) is 23.9. The Balaban J connectivity index is 1.45. The number of nitrogens with zero attached hydrogens (tertiary/aromatic N) is 1. The molecule has 0 fully saturated rings. The zero-order valence-corrected chi connectivity index (χ0v) is 21.5. The number of ketones is 1. The van der Waals surface area contributed by atoms with Crippen molar-refractivity contribution in [2.45, 2.75) is 13.0 Å². The summed E-state index contributed by atoms with van der Waals surface area (Å²) >= 11 is 12.2. The number of carbonyl (C=O) groups excluding carboxylic acids is 4. The number of ether oxygens (including phenoxy) is 1. The summed E-state index contributed by atoms with van der Waals surface area (Å²) in [4.78, 5) is 53.7. The Hall–Kier alpha value is -4.26. The largest absolute Gasteiger partial charge is 0.445 e. The van der Waals surface area contributed by atoms with Crippen LogP contribution in [0.25, 0.3) is 0 Å². The molecule has 0 aromatic heterocycles. The molecule has 4 aromatic rings. The van der Waals surface area contributed by atoms with E-state index in [1.807, 2.05) is 6.92 Å². The van der Waals surface area contributed by atoms with Crippen LogP contribution in [0.15, 0.2) is 91.0 Å². The first-order valence-electron chi connectivity index (χ1n) is 11.6. The molecule has 0 saturated carbocycles. The van der Waals surface area contributed by atoms with E-state index in [2.05, 4.69) is 0 Å². The molecular formula is C30H19Cl2NO5. The van der Waals surface area contributed by atoms with Gasteiger partial charge in [-0.2, -0.15) is 0 Å². The first-order chi connectivity index (χ1) is 18.2. The minimum absolute atomic E-state index is 0.0218. The number of imide groups is 1. The standard InChI is InChI=1S/C30H19Cl2NO5/c1-17-7-13-22(16-25(17)32)33-28(35)23-14-10-20(15-24(23)29(33)36)30(37)38-27(19-8-11-21(31)12-9-19)26(34)18-5-3-2-4-6-18/h2-16,27H,1H3/t27-/m1/s1. The predicted octanol–water partition coefficient (Wildman–Crippen LogP) is 6.88. The van der Waals surface area contributed by atoms with Crippen LogP contribution in [0.1, 0.15) is 58.7 Å². The van der Waals surface area contributed by atoms with Crippen LogP contribution in [0.5, 0.6) is 0 Å². The van der Waals surface area contributed by atoms with Gasteiger partial charge in [-0.15, -0.1) is 0 Å². The highest BCUT2D eigenvalue weighted by Gasteiger charge is 2.38. The lowest BCUT2D eigenvalue weighted by molar-refractivity contribution is 0.0280. The first-order valence-corrected chi connectivity index (χ1v) is 12.3. The predicted molar refractivity (Wildman–Crippen MR) is 144 cm³/mol. The first kappa shape index (κ1) is 25.4. The molecular weight excluding hydrogens is 525 g/mol. The van der Waals surface area contributed by atoms with Gasteiger partial charge in [-0.1, -0.05) is 71.7 Å². The molecule has 0 N–H and O–H groups in total. The molecule has 38 heavy (non-hydrogen) atoms. The highest BCUT2D eigenvalue weighted by atomic mass is 35.5. The Morgan fingerprint density at radius 2 is 1.45 bits per heavy atom. The molecule has 0 unspecified atom stereocenters. The van der Waals surface area contributed by atoms with E-state index < -0.39 is 29.7 Å². The van der Waals surface area contributed by atoms with Crippen molar-refractivity contribution in [3.05, 3.63) is 134 Å². The number of aryl methyl sites for hydroxylation is 1. The van der Waals surface area contributed by atoms with E-state index in [9.17, 15) is 19.2 Å². The fraction of sp³-hybridized carbons (Fsp3) is 0.0667. The summed E-state index contributed by atoms with van der Waals surface area (Å²) in [5, 5.41) is 0.881. The smallest absolute Gasteiger partial charge is 0.339 e. The van der Waals surface area contributed by atoms with Gasteiger partial charge in [-0.05, 0) is 55.0 Å². The van der Waals surface area contributed by atoms with E-state index in [0.717, 1.165) is 10.5 Å². The molecule has 8 heteroatoms. The third-order valence-corrected chi connectivity index (χ3v) is 6.89. The van der Waals surface area contributed by atoms with Gasteiger partial charge in [0.15, 0.2) is 6.10 Å². The second-order valence-electron chi connectivity index (χ2n) is 8.71. The number of fused-ring (bicyclic) bond motifs is 1. The second-order valence-corrected chi connectivity index (χ2v) is 9.55. The molecule has 5 rings (SSSR count). The fourth-order valence-electron chi connectivity index (χ4n) is 4.16. The van der Waals surface area contributed by atoms with Gasteiger partial charge < -0.3 is 4.74 Å². The van der Waals surface area contributed by atoms with Crippen molar-refractivity contribution < 1.29 is 23.9 Å². The summed E-state index contributed by atoms with van der Waals surface area (Å²) in [5.41, 5.74) is 2.16. The number of carbonyl (C=O) groups is 4. The molecule has 0 saturated heterocycles.